The fraction of sp³-hybridized carbons (Fsp3) is 0.103. The van der Waals surface area contributed by atoms with Crippen LogP contribution in [0.5, 0.6) is 0 Å². The summed E-state index contributed by atoms with van der Waals surface area (Å²) in [4.78, 5) is 22.5. The van der Waals surface area contributed by atoms with Crippen molar-refractivity contribution in [3.8, 4) is 5.69 Å². The first kappa shape index (κ1) is 34.3. The van der Waals surface area contributed by atoms with Gasteiger partial charge in [0.15, 0.2) is 17.6 Å². The molecule has 0 aliphatic carbocycles. The highest BCUT2D eigenvalue weighted by molar-refractivity contribution is 7.86. The molecule has 4 aromatic carbocycles. The van der Waals surface area contributed by atoms with Crippen LogP contribution in [0.1, 0.15) is 25.0 Å². The number of aromatic nitrogens is 3. The summed E-state index contributed by atoms with van der Waals surface area (Å²) < 4.78 is 103. The van der Waals surface area contributed by atoms with E-state index in [9.17, 15) is 48.5 Å². The smallest absolute Gasteiger partial charge is 0.295 e. The maximum absolute atomic E-state index is 12.4. The Kier molecular flexibility index (Phi) is 8.95. The van der Waals surface area contributed by atoms with Crippen LogP contribution in [-0.4, -0.2) is 71.5 Å². The molecule has 0 saturated carbocycles. The molecule has 0 radical (unpaired) electrons. The molecule has 3 N–H and O–H groups in total. The highest BCUT2D eigenvalue weighted by Gasteiger charge is 2.22. The van der Waals surface area contributed by atoms with Gasteiger partial charge in [-0.15, -0.1) is 10.2 Å². The highest BCUT2D eigenvalue weighted by Crippen LogP contribution is 2.31. The van der Waals surface area contributed by atoms with Gasteiger partial charge in [-0.3, -0.25) is 23.2 Å². The number of carbonyl (C=O) groups excluding carboxylic acids is 2. The monoisotopic (exact) mass is 713 g/mol. The molecule has 0 atom stereocenters. The van der Waals surface area contributed by atoms with E-state index in [2.05, 4.69) is 20.4 Å². The zero-order valence-corrected chi connectivity index (χ0v) is 27.1. The number of hydrogen-bond acceptors (Lipinski definition) is 12. The Labute approximate surface area is 272 Å². The average molecular weight is 714 g/mol. The fourth-order valence-electron chi connectivity index (χ4n) is 4.75. The van der Waals surface area contributed by atoms with Gasteiger partial charge < -0.3 is 0 Å². The van der Waals surface area contributed by atoms with E-state index in [1.54, 1.807) is 18.2 Å². The van der Waals surface area contributed by atoms with Crippen molar-refractivity contribution in [1.82, 2.24) is 15.0 Å². The average Bonchev–Trinajstić information content (AvgIpc) is 3.43. The number of ketones is 2. The van der Waals surface area contributed by atoms with Crippen LogP contribution in [0.3, 0.4) is 0 Å². The van der Waals surface area contributed by atoms with Crippen molar-refractivity contribution in [3.63, 3.8) is 0 Å². The molecule has 16 nitrogen and oxygen atoms in total. The van der Waals surface area contributed by atoms with Crippen LogP contribution >= 0.6 is 0 Å². The molecule has 248 valence electrons. The van der Waals surface area contributed by atoms with Gasteiger partial charge in [0.05, 0.1) is 11.4 Å². The highest BCUT2D eigenvalue weighted by atomic mass is 32.2. The maximum atomic E-state index is 12.4. The molecule has 0 unspecified atom stereocenters. The second-order valence-electron chi connectivity index (χ2n) is 10.3. The van der Waals surface area contributed by atoms with Crippen LogP contribution in [0.2, 0.25) is 0 Å². The lowest BCUT2D eigenvalue weighted by Crippen LogP contribution is -2.23. The minimum absolute atomic E-state index is 0.0243. The van der Waals surface area contributed by atoms with Gasteiger partial charge in [0, 0.05) is 10.8 Å². The Morgan fingerprint density at radius 2 is 1.25 bits per heavy atom. The summed E-state index contributed by atoms with van der Waals surface area (Å²) >= 11 is 0. The van der Waals surface area contributed by atoms with Crippen molar-refractivity contribution in [3.05, 3.63) is 77.9 Å². The SMILES string of the molecule is CC(=O)C(N=Nc1ccc(/C=C/c2ccc(-n3nc4cc(S(=O)(=O)O)c5ccccc5c4n3)cc2S(=O)(=O)O)c(S(=O)(=O)O)c1)C(C)=O. The Balaban J connectivity index is 1.57. The van der Waals surface area contributed by atoms with Crippen molar-refractivity contribution in [1.29, 1.82) is 0 Å². The molecule has 0 aliphatic rings. The molecule has 0 bridgehead atoms. The number of rotatable bonds is 10. The Bertz CT molecular complexity index is 2550. The van der Waals surface area contributed by atoms with Gasteiger partial charge in [0.1, 0.15) is 25.7 Å². The third kappa shape index (κ3) is 7.10. The van der Waals surface area contributed by atoms with E-state index >= 15 is 0 Å². The van der Waals surface area contributed by atoms with Gasteiger partial charge in [-0.1, -0.05) is 48.6 Å². The standard InChI is InChI=1S/C29H23N5O11S3/c1-16(35)28(17(2)36)31-30-20-11-9-18(25(13-20)46(37,38)39)7-8-19-10-12-21(14-26(19)47(40,41)42)34-32-24-15-27(48(43,44)45)22-5-3-4-6-23(22)29(24)33-34/h3-15,28H,1-2H3,(H,37,38,39)(H,40,41,42)(H,43,44,45)/b8-7+,31-30?. The zero-order valence-electron chi connectivity index (χ0n) is 24.7. The second kappa shape index (κ2) is 12.5. The quantitative estimate of drug-likeness (QED) is 0.0798. The van der Waals surface area contributed by atoms with Crippen molar-refractivity contribution in [2.75, 3.05) is 0 Å². The Hall–Kier alpha value is -5.05. The second-order valence-corrected chi connectivity index (χ2v) is 14.5. The zero-order chi connectivity index (χ0) is 35.2. The van der Waals surface area contributed by atoms with Gasteiger partial charge in [0.2, 0.25) is 0 Å². The fourth-order valence-corrected chi connectivity index (χ4v) is 6.87. The van der Waals surface area contributed by atoms with Crippen LogP contribution in [0, 0.1) is 0 Å². The summed E-state index contributed by atoms with van der Waals surface area (Å²) in [6.45, 7) is 2.26. The number of nitrogens with zero attached hydrogens (tertiary/aromatic N) is 5. The molecule has 0 aliphatic heterocycles. The van der Waals surface area contributed by atoms with E-state index in [0.717, 1.165) is 49.0 Å². The van der Waals surface area contributed by atoms with Crippen molar-refractivity contribution in [2.45, 2.75) is 34.6 Å². The molecule has 5 rings (SSSR count). The van der Waals surface area contributed by atoms with Crippen molar-refractivity contribution < 1.29 is 48.5 Å². The molecular formula is C29H23N5O11S3. The van der Waals surface area contributed by atoms with Crippen LogP contribution < -0.4 is 0 Å². The van der Waals surface area contributed by atoms with E-state index in [1.165, 1.54) is 30.3 Å². The van der Waals surface area contributed by atoms with Gasteiger partial charge in [-0.25, -0.2) is 0 Å². The van der Waals surface area contributed by atoms with Gasteiger partial charge in [-0.2, -0.15) is 40.3 Å². The molecular weight excluding hydrogens is 691 g/mol. The van der Waals surface area contributed by atoms with Crippen LogP contribution in [0.15, 0.2) is 91.6 Å². The first-order valence-corrected chi connectivity index (χ1v) is 17.8. The molecule has 19 heteroatoms. The number of fused-ring (bicyclic) bond motifs is 3. The molecule has 1 aromatic heterocycles. The van der Waals surface area contributed by atoms with Gasteiger partial charge in [0.25, 0.3) is 30.4 Å². The lowest BCUT2D eigenvalue weighted by Gasteiger charge is -2.08. The Morgan fingerprint density at radius 3 is 1.81 bits per heavy atom. The molecule has 1 heterocycles. The minimum atomic E-state index is -4.92. The first-order chi connectivity index (χ1) is 22.3. The number of azo groups is 1. The van der Waals surface area contributed by atoms with E-state index in [1.807, 2.05) is 0 Å². The van der Waals surface area contributed by atoms with Crippen LogP contribution in [0.4, 0.5) is 5.69 Å². The third-order valence-electron chi connectivity index (χ3n) is 6.92. The predicted octanol–water partition coefficient (Wildman–Crippen LogP) is 4.11. The van der Waals surface area contributed by atoms with Gasteiger partial charge in [-0.05, 0) is 55.3 Å². The summed E-state index contributed by atoms with van der Waals surface area (Å²) in [5.74, 6) is -1.17. The number of hydrogen-bond donors (Lipinski definition) is 3. The third-order valence-corrected chi connectivity index (χ3v) is 9.63. The van der Waals surface area contributed by atoms with Gasteiger partial charge >= 0.3 is 0 Å². The van der Waals surface area contributed by atoms with E-state index in [0.29, 0.717) is 5.39 Å². The normalized spacial score (nSPS) is 13.0. The summed E-state index contributed by atoms with van der Waals surface area (Å²) in [6.07, 6.45) is 2.30. The largest absolute Gasteiger partial charge is 0.297 e. The molecule has 0 spiro atoms. The predicted molar refractivity (Wildman–Crippen MR) is 171 cm³/mol. The van der Waals surface area contributed by atoms with Crippen molar-refractivity contribution in [2.24, 2.45) is 10.2 Å². The molecule has 48 heavy (non-hydrogen) atoms. The first-order valence-electron chi connectivity index (χ1n) is 13.4. The van der Waals surface area contributed by atoms with E-state index in [4.69, 9.17) is 0 Å². The molecule has 5 aromatic rings. The number of Topliss-reactive ketones (excluding diaryl/α,β-unsaturated/α-hetero) is 2. The summed E-state index contributed by atoms with van der Waals surface area (Å²) in [7, 11) is -14.4. The molecule has 0 fully saturated rings. The molecule has 0 amide bonds. The summed E-state index contributed by atoms with van der Waals surface area (Å²) in [6, 6.07) is 13.0. The maximum Gasteiger partial charge on any atom is 0.295 e. The summed E-state index contributed by atoms with van der Waals surface area (Å²) in [5.41, 5.74) is -0.0558. The summed E-state index contributed by atoms with van der Waals surface area (Å²) in [5, 5.41) is 16.5. The van der Waals surface area contributed by atoms with Crippen LogP contribution in [0.25, 0.3) is 39.6 Å². The minimum Gasteiger partial charge on any atom is -0.297 e. The lowest BCUT2D eigenvalue weighted by atomic mass is 10.1. The number of carbonyl (C=O) groups is 2. The van der Waals surface area contributed by atoms with E-state index in [-0.39, 0.29) is 38.9 Å². The molecule has 0 saturated heterocycles. The number of benzene rings is 4. The van der Waals surface area contributed by atoms with Crippen molar-refractivity contribution >= 4 is 81.6 Å². The van der Waals surface area contributed by atoms with Crippen LogP contribution in [-0.2, 0) is 39.9 Å². The lowest BCUT2D eigenvalue weighted by molar-refractivity contribution is -0.126. The Morgan fingerprint density at radius 1 is 0.708 bits per heavy atom. The van der Waals surface area contributed by atoms with E-state index < -0.39 is 62.6 Å². The topological polar surface area (TPSA) is 253 Å².